The number of thiophene rings is 1. The van der Waals surface area contributed by atoms with Crippen molar-refractivity contribution in [3.8, 4) is 5.75 Å². The lowest BCUT2D eigenvalue weighted by Crippen LogP contribution is -2.41. The molecule has 2 atom stereocenters. The fourth-order valence-electron chi connectivity index (χ4n) is 4.64. The van der Waals surface area contributed by atoms with Gasteiger partial charge in [0.1, 0.15) is 5.75 Å². The molecule has 1 amide bonds. The minimum absolute atomic E-state index is 0.0280. The van der Waals surface area contributed by atoms with E-state index in [0.29, 0.717) is 17.8 Å². The van der Waals surface area contributed by atoms with Crippen molar-refractivity contribution in [3.05, 3.63) is 51.7 Å². The minimum Gasteiger partial charge on any atom is -0.497 e. The third kappa shape index (κ3) is 6.11. The molecule has 1 saturated heterocycles. The van der Waals surface area contributed by atoms with Gasteiger partial charge in [0, 0.05) is 49.4 Å². The van der Waals surface area contributed by atoms with E-state index in [1.165, 1.54) is 16.0 Å². The Morgan fingerprint density at radius 2 is 2.00 bits per heavy atom. The molecule has 0 aliphatic carbocycles. The summed E-state index contributed by atoms with van der Waals surface area (Å²) in [5, 5.41) is 2.18. The molecule has 0 spiro atoms. The highest BCUT2D eigenvalue weighted by Gasteiger charge is 2.36. The lowest BCUT2D eigenvalue weighted by molar-refractivity contribution is -0.135. The van der Waals surface area contributed by atoms with Gasteiger partial charge in [-0.3, -0.25) is 9.69 Å². The lowest BCUT2D eigenvalue weighted by Gasteiger charge is -2.31. The molecule has 1 aliphatic rings. The number of carbonyl (C=O) groups is 1. The molecule has 0 bridgehead atoms. The van der Waals surface area contributed by atoms with Crippen LogP contribution in [-0.2, 0) is 11.3 Å². The number of ether oxygens (including phenoxy) is 1. The highest BCUT2D eigenvalue weighted by atomic mass is 32.1. The van der Waals surface area contributed by atoms with Gasteiger partial charge in [0.2, 0.25) is 5.91 Å². The summed E-state index contributed by atoms with van der Waals surface area (Å²) in [6.07, 6.45) is 0. The average Bonchev–Trinajstić information content (AvgIpc) is 3.32. The Morgan fingerprint density at radius 3 is 2.61 bits per heavy atom. The van der Waals surface area contributed by atoms with Gasteiger partial charge >= 0.3 is 0 Å². The Hall–Kier alpha value is -1.85. The highest BCUT2D eigenvalue weighted by Crippen LogP contribution is 2.36. The van der Waals surface area contributed by atoms with Crippen LogP contribution < -0.4 is 4.74 Å². The van der Waals surface area contributed by atoms with Crippen LogP contribution in [0.3, 0.4) is 0 Å². The molecule has 1 aromatic carbocycles. The Labute approximate surface area is 192 Å². The second-order valence-corrected chi connectivity index (χ2v) is 10.7. The first-order valence-corrected chi connectivity index (χ1v) is 12.3. The Bertz CT molecular complexity index is 861. The zero-order chi connectivity index (χ0) is 22.5. The van der Waals surface area contributed by atoms with Gasteiger partial charge in [-0.1, -0.05) is 39.8 Å². The Kier molecular flexibility index (Phi) is 8.17. The normalized spacial score (nSPS) is 19.4. The third-order valence-corrected chi connectivity index (χ3v) is 7.23. The fourth-order valence-corrected chi connectivity index (χ4v) is 5.58. The van der Waals surface area contributed by atoms with Gasteiger partial charge < -0.3 is 9.64 Å². The van der Waals surface area contributed by atoms with Gasteiger partial charge in [-0.2, -0.15) is 0 Å². The van der Waals surface area contributed by atoms with Crippen molar-refractivity contribution in [2.75, 3.05) is 33.3 Å². The maximum absolute atomic E-state index is 13.0. The van der Waals surface area contributed by atoms with Gasteiger partial charge in [0.15, 0.2) is 0 Å². The van der Waals surface area contributed by atoms with E-state index in [2.05, 4.69) is 60.2 Å². The number of nitrogens with zero attached hydrogens (tertiary/aromatic N) is 2. The molecule has 1 aliphatic heterocycles. The smallest absolute Gasteiger partial charge is 0.225 e. The second-order valence-electron chi connectivity index (χ2n) is 9.66. The number of methoxy groups -OCH3 is 1. The van der Waals surface area contributed by atoms with E-state index in [0.717, 1.165) is 38.5 Å². The lowest BCUT2D eigenvalue weighted by atomic mass is 9.88. The number of amides is 1. The first-order valence-electron chi connectivity index (χ1n) is 11.5. The molecule has 0 saturated carbocycles. The Balaban J connectivity index is 1.85. The summed E-state index contributed by atoms with van der Waals surface area (Å²) < 4.78 is 5.50. The van der Waals surface area contributed by atoms with E-state index < -0.39 is 0 Å². The van der Waals surface area contributed by atoms with Crippen molar-refractivity contribution in [3.63, 3.8) is 0 Å². The number of hydrogen-bond donors (Lipinski definition) is 0. The van der Waals surface area contributed by atoms with E-state index in [1.54, 1.807) is 7.11 Å². The molecule has 4 nitrogen and oxygen atoms in total. The molecule has 2 unspecified atom stereocenters. The number of rotatable bonds is 9. The molecule has 2 aromatic rings. The summed E-state index contributed by atoms with van der Waals surface area (Å²) in [5.74, 6) is 2.47. The SMILES string of the molecule is COc1cccc(C2CN(Cc3sccc3C)CC2CN(CC(C)C)C(=O)C(C)C)c1. The van der Waals surface area contributed by atoms with Crippen LogP contribution in [0.4, 0.5) is 0 Å². The molecule has 1 aromatic heterocycles. The molecule has 31 heavy (non-hydrogen) atoms. The maximum Gasteiger partial charge on any atom is 0.225 e. The zero-order valence-electron chi connectivity index (χ0n) is 19.9. The molecular formula is C26H38N2O2S. The second kappa shape index (κ2) is 10.6. The molecule has 5 heteroatoms. The van der Waals surface area contributed by atoms with Crippen LogP contribution >= 0.6 is 11.3 Å². The third-order valence-electron chi connectivity index (χ3n) is 6.22. The molecular weight excluding hydrogens is 404 g/mol. The molecule has 3 rings (SSSR count). The van der Waals surface area contributed by atoms with Crippen molar-refractivity contribution >= 4 is 17.2 Å². The van der Waals surface area contributed by atoms with Crippen molar-refractivity contribution < 1.29 is 9.53 Å². The highest BCUT2D eigenvalue weighted by molar-refractivity contribution is 7.10. The molecule has 2 heterocycles. The van der Waals surface area contributed by atoms with Crippen LogP contribution in [-0.4, -0.2) is 49.0 Å². The summed E-state index contributed by atoms with van der Waals surface area (Å²) in [6.45, 7) is 15.3. The van der Waals surface area contributed by atoms with Crippen molar-refractivity contribution in [1.82, 2.24) is 9.80 Å². The van der Waals surface area contributed by atoms with Crippen molar-refractivity contribution in [1.29, 1.82) is 0 Å². The summed E-state index contributed by atoms with van der Waals surface area (Å²) in [7, 11) is 1.72. The monoisotopic (exact) mass is 442 g/mol. The number of benzene rings is 1. The molecule has 0 N–H and O–H groups in total. The van der Waals surface area contributed by atoms with Crippen LogP contribution in [0.1, 0.15) is 49.6 Å². The first-order chi connectivity index (χ1) is 14.8. The predicted molar refractivity (Wildman–Crippen MR) is 130 cm³/mol. The van der Waals surface area contributed by atoms with Crippen molar-refractivity contribution in [2.24, 2.45) is 17.8 Å². The zero-order valence-corrected chi connectivity index (χ0v) is 20.7. The molecule has 1 fully saturated rings. The summed E-state index contributed by atoms with van der Waals surface area (Å²) in [5.41, 5.74) is 2.69. The van der Waals surface area contributed by atoms with Crippen LogP contribution in [0.5, 0.6) is 5.75 Å². The van der Waals surface area contributed by atoms with E-state index in [9.17, 15) is 4.79 Å². The van der Waals surface area contributed by atoms with Crippen LogP contribution in [0.2, 0.25) is 0 Å². The van der Waals surface area contributed by atoms with Crippen LogP contribution in [0, 0.1) is 24.7 Å². The van der Waals surface area contributed by atoms with Gasteiger partial charge in [-0.05, 0) is 53.5 Å². The predicted octanol–water partition coefficient (Wildman–Crippen LogP) is 5.42. The van der Waals surface area contributed by atoms with Gasteiger partial charge in [-0.25, -0.2) is 0 Å². The fraction of sp³-hybridized carbons (Fsp3) is 0.577. The van der Waals surface area contributed by atoms with E-state index in [1.807, 2.05) is 31.3 Å². The topological polar surface area (TPSA) is 32.8 Å². The summed E-state index contributed by atoms with van der Waals surface area (Å²) >= 11 is 1.85. The van der Waals surface area contributed by atoms with E-state index in [-0.39, 0.29) is 11.8 Å². The summed E-state index contributed by atoms with van der Waals surface area (Å²) in [4.78, 5) is 19.1. The molecule has 170 valence electrons. The Morgan fingerprint density at radius 1 is 1.23 bits per heavy atom. The van der Waals surface area contributed by atoms with E-state index >= 15 is 0 Å². The number of carbonyl (C=O) groups excluding carboxylic acids is 1. The van der Waals surface area contributed by atoms with Gasteiger partial charge in [-0.15, -0.1) is 11.3 Å². The van der Waals surface area contributed by atoms with E-state index in [4.69, 9.17) is 4.74 Å². The first kappa shape index (κ1) is 23.8. The average molecular weight is 443 g/mol. The van der Waals surface area contributed by atoms with Crippen LogP contribution in [0.15, 0.2) is 35.7 Å². The maximum atomic E-state index is 13.0. The largest absolute Gasteiger partial charge is 0.497 e. The standard InChI is InChI=1S/C26H38N2O2S/c1-18(2)13-28(26(29)19(3)4)15-22-14-27(17-25-20(5)10-11-31-25)16-24(22)21-8-7-9-23(12-21)30-6/h7-12,18-19,22,24H,13-17H2,1-6H3. The minimum atomic E-state index is 0.0280. The molecule has 0 radical (unpaired) electrons. The van der Waals surface area contributed by atoms with Gasteiger partial charge in [0.25, 0.3) is 0 Å². The van der Waals surface area contributed by atoms with Gasteiger partial charge in [0.05, 0.1) is 7.11 Å². The summed E-state index contributed by atoms with van der Waals surface area (Å²) in [6, 6.07) is 10.7. The number of aryl methyl sites for hydroxylation is 1. The number of likely N-dealkylation sites (tertiary alicyclic amines) is 1. The quantitative estimate of drug-likeness (QED) is 0.520. The van der Waals surface area contributed by atoms with Crippen LogP contribution in [0.25, 0.3) is 0 Å². The number of hydrogen-bond acceptors (Lipinski definition) is 4. The van der Waals surface area contributed by atoms with Crippen molar-refractivity contribution in [2.45, 2.75) is 47.1 Å².